The van der Waals surface area contributed by atoms with Gasteiger partial charge in [-0.3, -0.25) is 4.98 Å². The Kier molecular flexibility index (Phi) is 4.97. The predicted octanol–water partition coefficient (Wildman–Crippen LogP) is 3.86. The van der Waals surface area contributed by atoms with Gasteiger partial charge in [0.25, 0.3) is 0 Å². The van der Waals surface area contributed by atoms with Gasteiger partial charge in [-0.25, -0.2) is 4.98 Å². The van der Waals surface area contributed by atoms with E-state index in [9.17, 15) is 0 Å². The van der Waals surface area contributed by atoms with E-state index in [0.717, 1.165) is 36.2 Å². The third kappa shape index (κ3) is 3.16. The molecule has 3 nitrogen and oxygen atoms in total. The minimum absolute atomic E-state index is 0.467. The van der Waals surface area contributed by atoms with Crippen LogP contribution in [0, 0.1) is 0 Å². The summed E-state index contributed by atoms with van der Waals surface area (Å²) in [6, 6.07) is 8.42. The molecule has 4 heteroatoms. The summed E-state index contributed by atoms with van der Waals surface area (Å²) in [5, 5.41) is 0. The molecule has 0 bridgehead atoms. The van der Waals surface area contributed by atoms with Crippen molar-refractivity contribution in [3.63, 3.8) is 0 Å². The number of rotatable bonds is 6. The first-order chi connectivity index (χ1) is 9.30. The van der Waals surface area contributed by atoms with Crippen LogP contribution in [0.5, 0.6) is 0 Å². The topological polar surface area (TPSA) is 29.0 Å². The summed E-state index contributed by atoms with van der Waals surface area (Å²) in [5.74, 6) is 1.53. The summed E-state index contributed by atoms with van der Waals surface area (Å²) in [6.45, 7) is 5.20. The van der Waals surface area contributed by atoms with Gasteiger partial charge in [-0.15, -0.1) is 11.6 Å². The van der Waals surface area contributed by atoms with Crippen molar-refractivity contribution in [3.05, 3.63) is 30.5 Å². The third-order valence-corrected chi connectivity index (χ3v) is 3.61. The van der Waals surface area contributed by atoms with Crippen molar-refractivity contribution in [1.82, 2.24) is 9.97 Å². The number of hydrogen-bond donors (Lipinski definition) is 0. The highest BCUT2D eigenvalue weighted by molar-refractivity contribution is 6.18. The van der Waals surface area contributed by atoms with Gasteiger partial charge >= 0.3 is 0 Å². The first-order valence-corrected chi connectivity index (χ1v) is 7.38. The van der Waals surface area contributed by atoms with Crippen LogP contribution in [0.15, 0.2) is 30.5 Å². The smallest absolute Gasteiger partial charge is 0.148 e. The van der Waals surface area contributed by atoms with E-state index in [4.69, 9.17) is 16.6 Å². The molecule has 0 N–H and O–H groups in total. The van der Waals surface area contributed by atoms with Gasteiger partial charge in [0, 0.05) is 18.5 Å². The lowest BCUT2D eigenvalue weighted by molar-refractivity contribution is 0.562. The second kappa shape index (κ2) is 6.71. The molecule has 0 spiro atoms. The number of hydrogen-bond acceptors (Lipinski definition) is 3. The molecule has 2 rings (SSSR count). The van der Waals surface area contributed by atoms with Crippen LogP contribution in [0.4, 0.5) is 5.82 Å². The zero-order valence-corrected chi connectivity index (χ0v) is 12.3. The van der Waals surface area contributed by atoms with E-state index in [1.807, 2.05) is 30.5 Å². The maximum Gasteiger partial charge on any atom is 0.148 e. The number of aromatic nitrogens is 2. The molecule has 0 saturated heterocycles. The average molecular weight is 278 g/mol. The van der Waals surface area contributed by atoms with Crippen LogP contribution in [0.2, 0.25) is 0 Å². The van der Waals surface area contributed by atoms with Crippen LogP contribution in [0.25, 0.3) is 11.0 Å². The predicted molar refractivity (Wildman–Crippen MR) is 82.0 cm³/mol. The lowest BCUT2D eigenvalue weighted by Gasteiger charge is -2.30. The lowest BCUT2D eigenvalue weighted by atomic mass is 10.1. The standard InChI is InChI=1S/C15H20ClN3/c1-3-12(4-2)19(10-9-16)15-11-17-13-7-5-6-8-14(13)18-15/h5-8,11-12H,3-4,9-10H2,1-2H3. The first-order valence-electron chi connectivity index (χ1n) is 6.84. The molecule has 2 aromatic rings. The number of anilines is 1. The van der Waals surface area contributed by atoms with Crippen LogP contribution in [-0.2, 0) is 0 Å². The van der Waals surface area contributed by atoms with Crippen molar-refractivity contribution in [2.45, 2.75) is 32.7 Å². The summed E-state index contributed by atoms with van der Waals surface area (Å²) in [5.41, 5.74) is 1.87. The summed E-state index contributed by atoms with van der Waals surface area (Å²) in [7, 11) is 0. The van der Waals surface area contributed by atoms with Crippen LogP contribution >= 0.6 is 11.6 Å². The molecule has 1 aromatic heterocycles. The van der Waals surface area contributed by atoms with E-state index >= 15 is 0 Å². The Bertz CT molecular complexity index is 526. The molecular weight excluding hydrogens is 258 g/mol. The molecule has 0 unspecified atom stereocenters. The molecular formula is C15H20ClN3. The van der Waals surface area contributed by atoms with Gasteiger partial charge in [-0.2, -0.15) is 0 Å². The largest absolute Gasteiger partial charge is 0.351 e. The number of para-hydroxylation sites is 2. The SMILES string of the molecule is CCC(CC)N(CCCl)c1cnc2ccccc2n1. The highest BCUT2D eigenvalue weighted by Crippen LogP contribution is 2.20. The third-order valence-electron chi connectivity index (χ3n) is 3.44. The fourth-order valence-corrected chi connectivity index (χ4v) is 2.57. The second-order valence-electron chi connectivity index (χ2n) is 4.57. The molecule has 0 saturated carbocycles. The molecule has 0 atom stereocenters. The van der Waals surface area contributed by atoms with Gasteiger partial charge in [0.2, 0.25) is 0 Å². The molecule has 0 fully saturated rings. The van der Waals surface area contributed by atoms with Crippen LogP contribution < -0.4 is 4.90 Å². The van der Waals surface area contributed by atoms with Gasteiger partial charge in [0.05, 0.1) is 17.2 Å². The van der Waals surface area contributed by atoms with Crippen LogP contribution in [0.1, 0.15) is 26.7 Å². The molecule has 1 aromatic carbocycles. The van der Waals surface area contributed by atoms with Crippen molar-refractivity contribution < 1.29 is 0 Å². The Morgan fingerprint density at radius 3 is 2.47 bits per heavy atom. The average Bonchev–Trinajstić information content (AvgIpc) is 2.47. The summed E-state index contributed by atoms with van der Waals surface area (Å²) >= 11 is 5.93. The zero-order chi connectivity index (χ0) is 13.7. The van der Waals surface area contributed by atoms with Crippen molar-refractivity contribution >= 4 is 28.5 Å². The Morgan fingerprint density at radius 1 is 1.16 bits per heavy atom. The molecule has 0 aliphatic rings. The van der Waals surface area contributed by atoms with Crippen LogP contribution in [0.3, 0.4) is 0 Å². The quantitative estimate of drug-likeness (QED) is 0.751. The Hall–Kier alpha value is -1.35. The summed E-state index contributed by atoms with van der Waals surface area (Å²) < 4.78 is 0. The summed E-state index contributed by atoms with van der Waals surface area (Å²) in [4.78, 5) is 11.5. The van der Waals surface area contributed by atoms with E-state index in [-0.39, 0.29) is 0 Å². The van der Waals surface area contributed by atoms with E-state index in [0.29, 0.717) is 11.9 Å². The minimum atomic E-state index is 0.467. The Labute approximate surface area is 119 Å². The molecule has 0 aliphatic heterocycles. The monoisotopic (exact) mass is 277 g/mol. The van der Waals surface area contributed by atoms with E-state index < -0.39 is 0 Å². The van der Waals surface area contributed by atoms with Crippen molar-refractivity contribution in [1.29, 1.82) is 0 Å². The van der Waals surface area contributed by atoms with Crippen molar-refractivity contribution in [2.24, 2.45) is 0 Å². The normalized spacial score (nSPS) is 11.2. The van der Waals surface area contributed by atoms with E-state index in [2.05, 4.69) is 23.7 Å². The zero-order valence-electron chi connectivity index (χ0n) is 11.5. The van der Waals surface area contributed by atoms with E-state index in [1.54, 1.807) is 0 Å². The van der Waals surface area contributed by atoms with Crippen molar-refractivity contribution in [3.8, 4) is 0 Å². The fourth-order valence-electron chi connectivity index (χ4n) is 2.39. The maximum absolute atomic E-state index is 5.93. The molecule has 0 radical (unpaired) electrons. The molecule has 0 aliphatic carbocycles. The molecule has 19 heavy (non-hydrogen) atoms. The lowest BCUT2D eigenvalue weighted by Crippen LogP contribution is -2.36. The number of nitrogens with zero attached hydrogens (tertiary/aromatic N) is 3. The second-order valence-corrected chi connectivity index (χ2v) is 4.95. The summed E-state index contributed by atoms with van der Waals surface area (Å²) in [6.07, 6.45) is 4.02. The first kappa shape index (κ1) is 14.1. The number of benzene rings is 1. The van der Waals surface area contributed by atoms with Gasteiger partial charge in [0.15, 0.2) is 0 Å². The maximum atomic E-state index is 5.93. The van der Waals surface area contributed by atoms with Crippen molar-refractivity contribution in [2.75, 3.05) is 17.3 Å². The number of alkyl halides is 1. The van der Waals surface area contributed by atoms with Gasteiger partial charge < -0.3 is 4.90 Å². The number of halogens is 1. The highest BCUT2D eigenvalue weighted by Gasteiger charge is 2.17. The van der Waals surface area contributed by atoms with Crippen LogP contribution in [-0.4, -0.2) is 28.4 Å². The van der Waals surface area contributed by atoms with Gasteiger partial charge in [0.1, 0.15) is 5.82 Å². The molecule has 102 valence electrons. The minimum Gasteiger partial charge on any atom is -0.351 e. The molecule has 0 amide bonds. The van der Waals surface area contributed by atoms with Gasteiger partial charge in [-0.05, 0) is 25.0 Å². The molecule has 1 heterocycles. The number of fused-ring (bicyclic) bond motifs is 1. The van der Waals surface area contributed by atoms with E-state index in [1.165, 1.54) is 0 Å². The fraction of sp³-hybridized carbons (Fsp3) is 0.467. The Balaban J connectivity index is 2.37. The Morgan fingerprint density at radius 2 is 1.84 bits per heavy atom. The van der Waals surface area contributed by atoms with Gasteiger partial charge in [-0.1, -0.05) is 26.0 Å². The highest BCUT2D eigenvalue weighted by atomic mass is 35.5.